The van der Waals surface area contributed by atoms with Gasteiger partial charge < -0.3 is 10.1 Å². The highest BCUT2D eigenvalue weighted by Gasteiger charge is 2.17. The number of hydrogen-bond donors (Lipinski definition) is 1. The van der Waals surface area contributed by atoms with Gasteiger partial charge in [0.15, 0.2) is 0 Å². The fraction of sp³-hybridized carbons (Fsp3) is 0.417. The Kier molecular flexibility index (Phi) is 3.35. The van der Waals surface area contributed by atoms with E-state index in [0.29, 0.717) is 0 Å². The molecule has 0 fully saturated rings. The van der Waals surface area contributed by atoms with E-state index in [1.807, 2.05) is 37.7 Å². The number of nitrogens with one attached hydrogen (secondary N) is 1. The first-order chi connectivity index (χ1) is 7.42. The summed E-state index contributed by atoms with van der Waals surface area (Å²) >= 11 is 0. The third kappa shape index (κ3) is 2.36. The number of nitrogens with zero attached hydrogens (tertiary/aromatic N) is 1. The first-order valence-corrected chi connectivity index (χ1v) is 5.30. The van der Waals surface area contributed by atoms with Gasteiger partial charge >= 0.3 is 0 Å². The molecule has 1 unspecified atom stereocenters. The van der Waals surface area contributed by atoms with Gasteiger partial charge in [-0.3, -0.25) is 4.98 Å². The third-order valence-corrected chi connectivity index (χ3v) is 2.61. The molecule has 3 heteroatoms. The number of pyridine rings is 1. The predicted octanol–water partition coefficient (Wildman–Crippen LogP) is 2.04. The number of rotatable bonds is 3. The number of aromatic nitrogens is 1. The average Bonchev–Trinajstić information content (AvgIpc) is 2.33. The minimum Gasteiger partial charge on any atom is -0.501 e. The summed E-state index contributed by atoms with van der Waals surface area (Å²) in [6, 6.07) is 6.17. The summed E-state index contributed by atoms with van der Waals surface area (Å²) < 4.78 is 5.36. The SMILES string of the molecule is CNC(C1=COCCC1)c1ccccn1. The summed E-state index contributed by atoms with van der Waals surface area (Å²) in [4.78, 5) is 4.37. The van der Waals surface area contributed by atoms with E-state index in [0.717, 1.165) is 25.1 Å². The van der Waals surface area contributed by atoms with Crippen molar-refractivity contribution in [2.45, 2.75) is 18.9 Å². The summed E-state index contributed by atoms with van der Waals surface area (Å²) in [6.07, 6.45) is 5.88. The Balaban J connectivity index is 2.20. The van der Waals surface area contributed by atoms with Crippen LogP contribution in [0.3, 0.4) is 0 Å². The van der Waals surface area contributed by atoms with Crippen LogP contribution in [0.4, 0.5) is 0 Å². The van der Waals surface area contributed by atoms with E-state index in [1.165, 1.54) is 5.57 Å². The van der Waals surface area contributed by atoms with E-state index in [4.69, 9.17) is 4.74 Å². The maximum absolute atomic E-state index is 5.36. The maximum Gasteiger partial charge on any atom is 0.0876 e. The van der Waals surface area contributed by atoms with Crippen LogP contribution in [-0.4, -0.2) is 18.6 Å². The normalized spacial score (nSPS) is 17.8. The summed E-state index contributed by atoms with van der Waals surface area (Å²) in [5.41, 5.74) is 2.33. The second-order valence-electron chi connectivity index (χ2n) is 3.64. The van der Waals surface area contributed by atoms with E-state index < -0.39 is 0 Å². The van der Waals surface area contributed by atoms with Crippen LogP contribution in [0.2, 0.25) is 0 Å². The average molecular weight is 204 g/mol. The van der Waals surface area contributed by atoms with Crippen LogP contribution < -0.4 is 5.32 Å². The van der Waals surface area contributed by atoms with Gasteiger partial charge in [-0.1, -0.05) is 6.07 Å². The first kappa shape index (κ1) is 10.2. The molecule has 1 atom stereocenters. The van der Waals surface area contributed by atoms with Gasteiger partial charge in [-0.25, -0.2) is 0 Å². The molecule has 0 saturated heterocycles. The van der Waals surface area contributed by atoms with Crippen LogP contribution in [0.25, 0.3) is 0 Å². The van der Waals surface area contributed by atoms with Crippen LogP contribution in [-0.2, 0) is 4.74 Å². The summed E-state index contributed by atoms with van der Waals surface area (Å²) in [5, 5.41) is 3.28. The molecule has 0 saturated carbocycles. The lowest BCUT2D eigenvalue weighted by Crippen LogP contribution is -2.21. The molecule has 0 spiro atoms. The molecule has 1 aromatic heterocycles. The van der Waals surface area contributed by atoms with Crippen LogP contribution in [0, 0.1) is 0 Å². The topological polar surface area (TPSA) is 34.1 Å². The van der Waals surface area contributed by atoms with Crippen molar-refractivity contribution in [3.05, 3.63) is 41.9 Å². The molecule has 1 aromatic rings. The van der Waals surface area contributed by atoms with E-state index >= 15 is 0 Å². The van der Waals surface area contributed by atoms with Gasteiger partial charge in [0.25, 0.3) is 0 Å². The van der Waals surface area contributed by atoms with Crippen molar-refractivity contribution in [3.8, 4) is 0 Å². The Morgan fingerprint density at radius 1 is 1.47 bits per heavy atom. The highest BCUT2D eigenvalue weighted by molar-refractivity contribution is 5.21. The van der Waals surface area contributed by atoms with E-state index in [1.54, 1.807) is 0 Å². The van der Waals surface area contributed by atoms with E-state index in [9.17, 15) is 0 Å². The summed E-state index contributed by atoms with van der Waals surface area (Å²) in [6.45, 7) is 0.835. The molecule has 1 aliphatic rings. The molecule has 0 amide bonds. The van der Waals surface area contributed by atoms with Gasteiger partial charge in [-0.05, 0) is 37.6 Å². The molecule has 15 heavy (non-hydrogen) atoms. The fourth-order valence-corrected chi connectivity index (χ4v) is 1.87. The highest BCUT2D eigenvalue weighted by Crippen LogP contribution is 2.25. The van der Waals surface area contributed by atoms with Crippen molar-refractivity contribution < 1.29 is 4.74 Å². The molecule has 0 radical (unpaired) electrons. The summed E-state index contributed by atoms with van der Waals surface area (Å²) in [7, 11) is 1.95. The van der Waals surface area contributed by atoms with Gasteiger partial charge in [-0.2, -0.15) is 0 Å². The smallest absolute Gasteiger partial charge is 0.0876 e. The zero-order valence-corrected chi connectivity index (χ0v) is 8.94. The lowest BCUT2D eigenvalue weighted by molar-refractivity contribution is 0.219. The zero-order valence-electron chi connectivity index (χ0n) is 8.94. The van der Waals surface area contributed by atoms with E-state index in [-0.39, 0.29) is 6.04 Å². The zero-order chi connectivity index (χ0) is 10.5. The monoisotopic (exact) mass is 204 g/mol. The van der Waals surface area contributed by atoms with Crippen molar-refractivity contribution in [2.24, 2.45) is 0 Å². The molecule has 2 rings (SSSR count). The van der Waals surface area contributed by atoms with Gasteiger partial charge in [0.05, 0.1) is 24.6 Å². The lowest BCUT2D eigenvalue weighted by Gasteiger charge is -2.22. The molecule has 1 aliphatic heterocycles. The maximum atomic E-state index is 5.36. The van der Waals surface area contributed by atoms with Crippen molar-refractivity contribution >= 4 is 0 Å². The van der Waals surface area contributed by atoms with Crippen molar-refractivity contribution in [2.75, 3.05) is 13.7 Å². The van der Waals surface area contributed by atoms with Crippen molar-refractivity contribution in [3.63, 3.8) is 0 Å². The molecular formula is C12H16N2O. The second kappa shape index (κ2) is 4.94. The third-order valence-electron chi connectivity index (χ3n) is 2.61. The van der Waals surface area contributed by atoms with E-state index in [2.05, 4.69) is 10.3 Å². The number of likely N-dealkylation sites (N-methyl/N-ethyl adjacent to an activating group) is 1. The molecule has 0 bridgehead atoms. The lowest BCUT2D eigenvalue weighted by atomic mass is 9.99. The Morgan fingerprint density at radius 3 is 3.00 bits per heavy atom. The van der Waals surface area contributed by atoms with Gasteiger partial charge in [0, 0.05) is 6.20 Å². The molecule has 80 valence electrons. The first-order valence-electron chi connectivity index (χ1n) is 5.30. The standard InChI is InChI=1S/C12H16N2O/c1-13-12(10-5-4-8-15-9-10)11-6-2-3-7-14-11/h2-3,6-7,9,12-13H,4-5,8H2,1H3. The minimum absolute atomic E-state index is 0.187. The van der Waals surface area contributed by atoms with Gasteiger partial charge in [0.1, 0.15) is 0 Å². The van der Waals surface area contributed by atoms with Crippen LogP contribution in [0.5, 0.6) is 0 Å². The minimum atomic E-state index is 0.187. The molecule has 0 aromatic carbocycles. The van der Waals surface area contributed by atoms with Crippen LogP contribution >= 0.6 is 0 Å². The molecular weight excluding hydrogens is 188 g/mol. The Hall–Kier alpha value is -1.35. The van der Waals surface area contributed by atoms with Gasteiger partial charge in [0.2, 0.25) is 0 Å². The number of ether oxygens (including phenoxy) is 1. The Labute approximate surface area is 90.2 Å². The second-order valence-corrected chi connectivity index (χ2v) is 3.64. The molecule has 2 heterocycles. The largest absolute Gasteiger partial charge is 0.501 e. The van der Waals surface area contributed by atoms with Crippen LogP contribution in [0.15, 0.2) is 36.2 Å². The predicted molar refractivity (Wildman–Crippen MR) is 59.3 cm³/mol. The highest BCUT2D eigenvalue weighted by atomic mass is 16.5. The molecule has 1 N–H and O–H groups in total. The Morgan fingerprint density at radius 2 is 2.40 bits per heavy atom. The quantitative estimate of drug-likeness (QED) is 0.818. The summed E-state index contributed by atoms with van der Waals surface area (Å²) in [5.74, 6) is 0. The molecule has 0 aliphatic carbocycles. The van der Waals surface area contributed by atoms with Crippen molar-refractivity contribution in [1.82, 2.24) is 10.3 Å². The fourth-order valence-electron chi connectivity index (χ4n) is 1.87. The molecule has 3 nitrogen and oxygen atoms in total. The van der Waals surface area contributed by atoms with Crippen LogP contribution in [0.1, 0.15) is 24.6 Å². The van der Waals surface area contributed by atoms with Gasteiger partial charge in [-0.15, -0.1) is 0 Å². The van der Waals surface area contributed by atoms with Crippen molar-refractivity contribution in [1.29, 1.82) is 0 Å². The Bertz CT molecular complexity index is 335. The number of hydrogen-bond acceptors (Lipinski definition) is 3.